The number of nitrogens with one attached hydrogen (secondary N) is 1. The van der Waals surface area contributed by atoms with E-state index in [2.05, 4.69) is 5.32 Å². The molecule has 0 aliphatic rings. The Kier molecular flexibility index (Phi) is 6.42. The van der Waals surface area contributed by atoms with Crippen molar-refractivity contribution in [3.63, 3.8) is 0 Å². The highest BCUT2D eigenvalue weighted by Gasteiger charge is 2.10. The Morgan fingerprint density at radius 2 is 1.75 bits per heavy atom. The molecule has 0 spiro atoms. The Hall–Kier alpha value is -2.76. The van der Waals surface area contributed by atoms with Gasteiger partial charge in [0.15, 0.2) is 18.2 Å². The van der Waals surface area contributed by atoms with Crippen molar-refractivity contribution in [1.29, 1.82) is 0 Å². The first kappa shape index (κ1) is 17.6. The minimum absolute atomic E-state index is 0.0507. The van der Waals surface area contributed by atoms with Gasteiger partial charge in [-0.15, -0.1) is 0 Å². The van der Waals surface area contributed by atoms with Crippen molar-refractivity contribution in [2.75, 3.05) is 20.3 Å². The van der Waals surface area contributed by atoms with Crippen molar-refractivity contribution < 1.29 is 23.4 Å². The van der Waals surface area contributed by atoms with Crippen LogP contribution in [0.15, 0.2) is 48.5 Å². The molecule has 0 aliphatic heterocycles. The maximum absolute atomic E-state index is 13.4. The smallest absolute Gasteiger partial charge is 0.258 e. The minimum atomic E-state index is -0.499. The average molecular weight is 333 g/mol. The van der Waals surface area contributed by atoms with Gasteiger partial charge in [0.2, 0.25) is 0 Å². The molecule has 0 aromatic heterocycles. The van der Waals surface area contributed by atoms with Crippen molar-refractivity contribution in [3.8, 4) is 17.2 Å². The fourth-order valence-corrected chi connectivity index (χ4v) is 1.96. The summed E-state index contributed by atoms with van der Waals surface area (Å²) in [7, 11) is 1.59. The van der Waals surface area contributed by atoms with E-state index in [0.717, 1.165) is 5.75 Å². The van der Waals surface area contributed by atoms with Crippen molar-refractivity contribution in [2.45, 2.75) is 13.0 Å². The van der Waals surface area contributed by atoms with E-state index in [-0.39, 0.29) is 24.3 Å². The maximum Gasteiger partial charge on any atom is 0.258 e. The average Bonchev–Trinajstić information content (AvgIpc) is 2.59. The minimum Gasteiger partial charge on any atom is -0.497 e. The van der Waals surface area contributed by atoms with Gasteiger partial charge in [0.25, 0.3) is 5.91 Å². The van der Waals surface area contributed by atoms with Gasteiger partial charge in [-0.3, -0.25) is 4.79 Å². The molecule has 0 saturated heterocycles. The molecular weight excluding hydrogens is 313 g/mol. The molecule has 0 radical (unpaired) electrons. The number of ether oxygens (including phenoxy) is 3. The Balaban J connectivity index is 1.72. The van der Waals surface area contributed by atoms with Crippen LogP contribution in [-0.2, 0) is 4.79 Å². The number of rotatable bonds is 8. The summed E-state index contributed by atoms with van der Waals surface area (Å²) < 4.78 is 29.2. The fraction of sp³-hybridized carbons (Fsp3) is 0.278. The fourth-order valence-electron chi connectivity index (χ4n) is 1.96. The zero-order valence-corrected chi connectivity index (χ0v) is 13.6. The molecule has 2 aromatic rings. The topological polar surface area (TPSA) is 56.8 Å². The highest BCUT2D eigenvalue weighted by molar-refractivity contribution is 5.77. The zero-order valence-electron chi connectivity index (χ0n) is 13.6. The molecule has 0 aliphatic carbocycles. The van der Waals surface area contributed by atoms with E-state index in [1.54, 1.807) is 43.5 Å². The number of halogens is 1. The molecule has 1 atom stereocenters. The van der Waals surface area contributed by atoms with Gasteiger partial charge in [0, 0.05) is 0 Å². The van der Waals surface area contributed by atoms with Crippen LogP contribution in [0.2, 0.25) is 0 Å². The zero-order chi connectivity index (χ0) is 17.4. The number of hydrogen-bond acceptors (Lipinski definition) is 4. The molecule has 0 saturated carbocycles. The Bertz CT molecular complexity index is 660. The first-order valence-electron chi connectivity index (χ1n) is 7.52. The van der Waals surface area contributed by atoms with Crippen LogP contribution in [0, 0.1) is 5.82 Å². The van der Waals surface area contributed by atoms with Crippen molar-refractivity contribution in [3.05, 3.63) is 54.3 Å². The third-order valence-electron chi connectivity index (χ3n) is 3.16. The molecule has 128 valence electrons. The molecule has 2 rings (SSSR count). The van der Waals surface area contributed by atoms with E-state index in [9.17, 15) is 9.18 Å². The van der Waals surface area contributed by atoms with E-state index in [1.165, 1.54) is 12.1 Å². The van der Waals surface area contributed by atoms with Gasteiger partial charge in [-0.25, -0.2) is 4.39 Å². The number of methoxy groups -OCH3 is 1. The van der Waals surface area contributed by atoms with Crippen LogP contribution in [0.1, 0.15) is 6.92 Å². The molecular formula is C18H20FNO4. The standard InChI is InChI=1S/C18H20FNO4/c1-13(11-23-15-9-7-14(22-2)8-10-15)20-18(21)12-24-17-6-4-3-5-16(17)19/h3-10,13H,11-12H2,1-2H3,(H,20,21)/t13-/m1/s1. The molecule has 6 heteroatoms. The van der Waals surface area contributed by atoms with Gasteiger partial charge < -0.3 is 19.5 Å². The number of para-hydroxylation sites is 1. The number of carbonyl (C=O) groups is 1. The molecule has 24 heavy (non-hydrogen) atoms. The summed E-state index contributed by atoms with van der Waals surface area (Å²) in [6.07, 6.45) is 0. The van der Waals surface area contributed by atoms with Crippen molar-refractivity contribution in [1.82, 2.24) is 5.32 Å². The predicted molar refractivity (Wildman–Crippen MR) is 88.0 cm³/mol. The van der Waals surface area contributed by atoms with Crippen molar-refractivity contribution in [2.24, 2.45) is 0 Å². The normalized spacial score (nSPS) is 11.5. The quantitative estimate of drug-likeness (QED) is 0.807. The number of hydrogen-bond donors (Lipinski definition) is 1. The van der Waals surface area contributed by atoms with E-state index in [1.807, 2.05) is 6.92 Å². The summed E-state index contributed by atoms with van der Waals surface area (Å²) in [5.41, 5.74) is 0. The van der Waals surface area contributed by atoms with Gasteiger partial charge >= 0.3 is 0 Å². The van der Waals surface area contributed by atoms with Gasteiger partial charge in [-0.1, -0.05) is 12.1 Å². The van der Waals surface area contributed by atoms with Gasteiger partial charge in [0.1, 0.15) is 18.1 Å². The lowest BCUT2D eigenvalue weighted by atomic mass is 10.3. The second-order valence-corrected chi connectivity index (χ2v) is 5.17. The van der Waals surface area contributed by atoms with Crippen LogP contribution < -0.4 is 19.5 Å². The summed E-state index contributed by atoms with van der Waals surface area (Å²) in [6, 6.07) is 12.9. The lowest BCUT2D eigenvalue weighted by molar-refractivity contribution is -0.123. The molecule has 0 fully saturated rings. The lowest BCUT2D eigenvalue weighted by Gasteiger charge is -2.15. The summed E-state index contributed by atoms with van der Waals surface area (Å²) in [6.45, 7) is 1.86. The Morgan fingerprint density at radius 3 is 2.42 bits per heavy atom. The third-order valence-corrected chi connectivity index (χ3v) is 3.16. The van der Waals surface area contributed by atoms with Crippen LogP contribution in [0.5, 0.6) is 17.2 Å². The van der Waals surface area contributed by atoms with E-state index in [0.29, 0.717) is 12.4 Å². The van der Waals surface area contributed by atoms with Crippen molar-refractivity contribution >= 4 is 5.91 Å². The van der Waals surface area contributed by atoms with E-state index >= 15 is 0 Å². The molecule has 2 aromatic carbocycles. The Morgan fingerprint density at radius 1 is 1.08 bits per heavy atom. The molecule has 0 heterocycles. The first-order chi connectivity index (χ1) is 11.6. The van der Waals surface area contributed by atoms with E-state index < -0.39 is 5.82 Å². The second-order valence-electron chi connectivity index (χ2n) is 5.17. The second kappa shape index (κ2) is 8.76. The van der Waals surface area contributed by atoms with Gasteiger partial charge in [-0.2, -0.15) is 0 Å². The largest absolute Gasteiger partial charge is 0.497 e. The molecule has 1 N–H and O–H groups in total. The molecule has 5 nitrogen and oxygen atoms in total. The number of benzene rings is 2. The molecule has 1 amide bonds. The summed E-state index contributed by atoms with van der Waals surface area (Å²) >= 11 is 0. The number of carbonyl (C=O) groups excluding carboxylic acids is 1. The summed E-state index contributed by atoms with van der Waals surface area (Å²) in [4.78, 5) is 11.8. The van der Waals surface area contributed by atoms with Crippen LogP contribution in [0.3, 0.4) is 0 Å². The van der Waals surface area contributed by atoms with Gasteiger partial charge in [0.05, 0.1) is 13.2 Å². The lowest BCUT2D eigenvalue weighted by Crippen LogP contribution is -2.39. The van der Waals surface area contributed by atoms with E-state index in [4.69, 9.17) is 14.2 Å². The van der Waals surface area contributed by atoms with Crippen LogP contribution in [0.4, 0.5) is 4.39 Å². The molecule has 0 bridgehead atoms. The van der Waals surface area contributed by atoms with Crippen LogP contribution >= 0.6 is 0 Å². The molecule has 0 unspecified atom stereocenters. The highest BCUT2D eigenvalue weighted by Crippen LogP contribution is 2.17. The first-order valence-corrected chi connectivity index (χ1v) is 7.52. The van der Waals surface area contributed by atoms with Crippen LogP contribution in [-0.4, -0.2) is 32.3 Å². The van der Waals surface area contributed by atoms with Crippen LogP contribution in [0.25, 0.3) is 0 Å². The SMILES string of the molecule is COc1ccc(OC[C@@H](C)NC(=O)COc2ccccc2F)cc1. The number of amides is 1. The Labute approximate surface area is 140 Å². The summed E-state index contributed by atoms with van der Waals surface area (Å²) in [5, 5.41) is 2.73. The maximum atomic E-state index is 13.4. The highest BCUT2D eigenvalue weighted by atomic mass is 19.1. The third kappa shape index (κ3) is 5.46. The monoisotopic (exact) mass is 333 g/mol. The predicted octanol–water partition coefficient (Wildman–Crippen LogP) is 2.80. The summed E-state index contributed by atoms with van der Waals surface area (Å²) in [5.74, 6) is 0.633. The van der Waals surface area contributed by atoms with Gasteiger partial charge in [-0.05, 0) is 43.3 Å².